The van der Waals surface area contributed by atoms with Crippen molar-refractivity contribution in [1.29, 1.82) is 0 Å². The minimum Gasteiger partial charge on any atom is -0.481 e. The molecule has 3 heterocycles. The number of nitrogens with one attached hydrogen (secondary N) is 1. The van der Waals surface area contributed by atoms with Gasteiger partial charge in [-0.2, -0.15) is 13.2 Å². The summed E-state index contributed by atoms with van der Waals surface area (Å²) in [6.45, 7) is 0. The van der Waals surface area contributed by atoms with Gasteiger partial charge in [0, 0.05) is 48.0 Å². The number of nitrogen functional groups attached to an aromatic ring is 1. The highest BCUT2D eigenvalue weighted by Crippen LogP contribution is 2.51. The standard InChI is InChI=1S/C30H27F3N6O4/c31-30(32,33)20-7-10-35-22(14-20)37-27(41)17-3-1-16(2-4-17)23-24-25(34)36-11-12-39(24)26(38-23)19-6-5-18(13-19)21(40)15-29(8-9-29)28(42)43/h1-4,7,10-12,14,18-19H,5-6,8-9,13,15H2,(H2,34,36)(H,42,43)(H,35,37,41)/t18-,19+/m0/s1. The highest BCUT2D eigenvalue weighted by atomic mass is 19.4. The van der Waals surface area contributed by atoms with Crippen LogP contribution in [-0.4, -0.2) is 42.1 Å². The fraction of sp³-hybridized carbons (Fsp3) is 0.333. The number of alkyl halides is 3. The molecule has 0 aliphatic heterocycles. The second-order valence-corrected chi connectivity index (χ2v) is 11.2. The molecule has 43 heavy (non-hydrogen) atoms. The molecule has 2 atom stereocenters. The molecule has 222 valence electrons. The molecule has 0 bridgehead atoms. The van der Waals surface area contributed by atoms with E-state index < -0.39 is 29.0 Å². The quantitative estimate of drug-likeness (QED) is 0.248. The van der Waals surface area contributed by atoms with E-state index >= 15 is 0 Å². The number of carboxylic acids is 1. The summed E-state index contributed by atoms with van der Waals surface area (Å²) in [5.74, 6) is -1.11. The lowest BCUT2D eigenvalue weighted by Gasteiger charge is -2.13. The number of nitrogens with zero attached hydrogens (tertiary/aromatic N) is 4. The van der Waals surface area contributed by atoms with Crippen LogP contribution in [0.4, 0.5) is 24.8 Å². The molecule has 2 fully saturated rings. The molecule has 1 aromatic carbocycles. The van der Waals surface area contributed by atoms with Crippen molar-refractivity contribution in [3.8, 4) is 11.3 Å². The van der Waals surface area contributed by atoms with Crippen molar-refractivity contribution in [3.05, 3.63) is 71.9 Å². The number of anilines is 2. The van der Waals surface area contributed by atoms with Gasteiger partial charge >= 0.3 is 12.1 Å². The Balaban J connectivity index is 1.22. The van der Waals surface area contributed by atoms with Crippen molar-refractivity contribution in [1.82, 2.24) is 19.4 Å². The smallest absolute Gasteiger partial charge is 0.416 e. The van der Waals surface area contributed by atoms with Gasteiger partial charge in [-0.3, -0.25) is 18.8 Å². The van der Waals surface area contributed by atoms with Gasteiger partial charge in [0.05, 0.1) is 11.0 Å². The third-order valence-electron chi connectivity index (χ3n) is 8.43. The van der Waals surface area contributed by atoms with Gasteiger partial charge < -0.3 is 16.2 Å². The van der Waals surface area contributed by atoms with Crippen molar-refractivity contribution < 1.29 is 32.7 Å². The number of amides is 1. The number of benzene rings is 1. The molecule has 0 spiro atoms. The number of hydrogen-bond donors (Lipinski definition) is 3. The predicted molar refractivity (Wildman–Crippen MR) is 149 cm³/mol. The number of imidazole rings is 1. The van der Waals surface area contributed by atoms with Crippen LogP contribution in [0.1, 0.15) is 66.2 Å². The number of nitrogens with two attached hydrogens (primary N) is 1. The molecule has 3 aromatic heterocycles. The van der Waals surface area contributed by atoms with Gasteiger partial charge in [0.1, 0.15) is 34.5 Å². The molecule has 2 aliphatic carbocycles. The molecule has 0 saturated heterocycles. The highest BCUT2D eigenvalue weighted by molar-refractivity contribution is 6.04. The summed E-state index contributed by atoms with van der Waals surface area (Å²) in [4.78, 5) is 50.2. The molecule has 0 radical (unpaired) electrons. The average molecular weight is 593 g/mol. The average Bonchev–Trinajstić information content (AvgIpc) is 3.41. The van der Waals surface area contributed by atoms with E-state index in [1.54, 1.807) is 24.5 Å². The Morgan fingerprint density at radius 3 is 2.49 bits per heavy atom. The molecule has 4 aromatic rings. The van der Waals surface area contributed by atoms with Gasteiger partial charge in [-0.1, -0.05) is 12.1 Å². The van der Waals surface area contributed by atoms with E-state index in [4.69, 9.17) is 10.7 Å². The van der Waals surface area contributed by atoms with E-state index in [1.165, 1.54) is 12.1 Å². The summed E-state index contributed by atoms with van der Waals surface area (Å²) in [5.41, 5.74) is 6.38. The number of halogens is 3. The van der Waals surface area contributed by atoms with E-state index in [2.05, 4.69) is 15.3 Å². The maximum atomic E-state index is 13.0. The van der Waals surface area contributed by atoms with Crippen LogP contribution in [0.15, 0.2) is 55.0 Å². The second kappa shape index (κ2) is 10.5. The van der Waals surface area contributed by atoms with Gasteiger partial charge in [0.15, 0.2) is 0 Å². The normalized spacial score (nSPS) is 19.3. The lowest BCUT2D eigenvalue weighted by atomic mass is 9.90. The van der Waals surface area contributed by atoms with Crippen molar-refractivity contribution in [2.45, 2.75) is 50.6 Å². The first-order valence-corrected chi connectivity index (χ1v) is 13.8. The first kappa shape index (κ1) is 28.3. The Morgan fingerprint density at radius 1 is 1.07 bits per heavy atom. The first-order valence-electron chi connectivity index (χ1n) is 13.8. The Hall–Kier alpha value is -4.81. The van der Waals surface area contributed by atoms with Crippen molar-refractivity contribution in [2.24, 2.45) is 11.3 Å². The van der Waals surface area contributed by atoms with Crippen LogP contribution in [0.3, 0.4) is 0 Å². The van der Waals surface area contributed by atoms with Gasteiger partial charge in [0.25, 0.3) is 5.91 Å². The fourth-order valence-electron chi connectivity index (χ4n) is 5.82. The molecule has 10 nitrogen and oxygen atoms in total. The minimum atomic E-state index is -4.57. The SMILES string of the molecule is Nc1nccn2c([C@@H]3CC[C@H](C(=O)CC4(C(=O)O)CC4)C3)nc(-c3ccc(C(=O)Nc4cc(C(F)(F)F)ccn4)cc3)c12. The van der Waals surface area contributed by atoms with Crippen molar-refractivity contribution >= 4 is 34.8 Å². The minimum absolute atomic E-state index is 0.0149. The molecule has 6 rings (SSSR count). The monoisotopic (exact) mass is 592 g/mol. The lowest BCUT2D eigenvalue weighted by molar-refractivity contribution is -0.146. The van der Waals surface area contributed by atoms with Gasteiger partial charge in [-0.15, -0.1) is 0 Å². The van der Waals surface area contributed by atoms with E-state index in [1.807, 2.05) is 4.40 Å². The number of fused-ring (bicyclic) bond motifs is 1. The van der Waals surface area contributed by atoms with Gasteiger partial charge in [-0.25, -0.2) is 15.0 Å². The molecule has 2 saturated carbocycles. The fourth-order valence-corrected chi connectivity index (χ4v) is 5.82. The first-order chi connectivity index (χ1) is 20.4. The number of Topliss-reactive ketones (excluding diaryl/α,β-unsaturated/α-hetero) is 1. The lowest BCUT2D eigenvalue weighted by Crippen LogP contribution is -2.23. The Bertz CT molecular complexity index is 1750. The number of hydrogen-bond acceptors (Lipinski definition) is 7. The molecule has 2 aliphatic rings. The molecule has 0 unspecified atom stereocenters. The summed E-state index contributed by atoms with van der Waals surface area (Å²) in [5, 5.41) is 11.9. The second-order valence-electron chi connectivity index (χ2n) is 11.2. The van der Waals surface area contributed by atoms with Crippen LogP contribution >= 0.6 is 0 Å². The molecular formula is C30H27F3N6O4. The third kappa shape index (κ3) is 5.42. The van der Waals surface area contributed by atoms with Crippen LogP contribution in [0.5, 0.6) is 0 Å². The zero-order valence-corrected chi connectivity index (χ0v) is 22.8. The summed E-state index contributed by atoms with van der Waals surface area (Å²) < 4.78 is 40.9. The van der Waals surface area contributed by atoms with Crippen molar-refractivity contribution in [3.63, 3.8) is 0 Å². The zero-order chi connectivity index (χ0) is 30.5. The summed E-state index contributed by atoms with van der Waals surface area (Å²) in [7, 11) is 0. The zero-order valence-electron chi connectivity index (χ0n) is 22.8. The molecule has 4 N–H and O–H groups in total. The van der Waals surface area contributed by atoms with E-state index in [0.29, 0.717) is 54.7 Å². The summed E-state index contributed by atoms with van der Waals surface area (Å²) in [6, 6.07) is 7.95. The number of pyridine rings is 1. The third-order valence-corrected chi connectivity index (χ3v) is 8.43. The largest absolute Gasteiger partial charge is 0.481 e. The number of aromatic nitrogens is 4. The van der Waals surface area contributed by atoms with Crippen LogP contribution in [0.25, 0.3) is 16.8 Å². The van der Waals surface area contributed by atoms with Crippen LogP contribution in [0.2, 0.25) is 0 Å². The van der Waals surface area contributed by atoms with Crippen LogP contribution in [-0.2, 0) is 15.8 Å². The maximum absolute atomic E-state index is 13.0. The van der Waals surface area contributed by atoms with Gasteiger partial charge in [0.2, 0.25) is 0 Å². The number of rotatable bonds is 8. The summed E-state index contributed by atoms with van der Waals surface area (Å²) in [6.07, 6.45) is 2.76. The Kier molecular flexibility index (Phi) is 6.90. The van der Waals surface area contributed by atoms with E-state index in [9.17, 15) is 32.7 Å². The number of carboxylic acid groups (broad SMARTS) is 1. The van der Waals surface area contributed by atoms with Crippen LogP contribution < -0.4 is 11.1 Å². The van der Waals surface area contributed by atoms with E-state index in [-0.39, 0.29) is 41.2 Å². The number of carbonyl (C=O) groups excluding carboxylic acids is 2. The number of aliphatic carboxylic acids is 1. The highest BCUT2D eigenvalue weighted by Gasteiger charge is 2.52. The van der Waals surface area contributed by atoms with Crippen LogP contribution in [0, 0.1) is 11.3 Å². The molecular weight excluding hydrogens is 565 g/mol. The predicted octanol–water partition coefficient (Wildman–Crippen LogP) is 5.35. The Morgan fingerprint density at radius 2 is 1.81 bits per heavy atom. The van der Waals surface area contributed by atoms with E-state index in [0.717, 1.165) is 18.3 Å². The molecule has 13 heteroatoms. The molecule has 1 amide bonds. The van der Waals surface area contributed by atoms with Gasteiger partial charge in [-0.05, 0) is 56.4 Å². The number of carbonyl (C=O) groups is 3. The topological polar surface area (TPSA) is 153 Å². The Labute approximate surface area is 243 Å². The maximum Gasteiger partial charge on any atom is 0.416 e. The summed E-state index contributed by atoms with van der Waals surface area (Å²) >= 11 is 0. The van der Waals surface area contributed by atoms with Crippen molar-refractivity contribution in [2.75, 3.05) is 11.1 Å². The number of ketones is 1.